The summed E-state index contributed by atoms with van der Waals surface area (Å²) in [6.07, 6.45) is 0.354. The van der Waals surface area contributed by atoms with Gasteiger partial charge in [-0.05, 0) is 5.92 Å². The molecule has 0 saturated carbocycles. The third-order valence-electron chi connectivity index (χ3n) is 4.99. The number of ketones is 2. The van der Waals surface area contributed by atoms with Crippen LogP contribution in [0.4, 0.5) is 0 Å². The van der Waals surface area contributed by atoms with Gasteiger partial charge in [-0.2, -0.15) is 0 Å². The molecule has 3 N–H and O–H groups in total. The molecule has 0 bridgehead atoms. The summed E-state index contributed by atoms with van der Waals surface area (Å²) in [6, 6.07) is 0. The number of ether oxygens (including phenoxy) is 3. The predicted octanol–water partition coefficient (Wildman–Crippen LogP) is 1.98. The Hall–Kier alpha value is -1.35. The quantitative estimate of drug-likeness (QED) is 0.310. The van der Waals surface area contributed by atoms with E-state index in [0.717, 1.165) is 0 Å². The number of hydrogen-bond acceptors (Lipinski definition) is 7. The average molecular weight is 445 g/mol. The molecular formula is C23H44N2O6. The fourth-order valence-corrected chi connectivity index (χ4v) is 2.75. The van der Waals surface area contributed by atoms with Crippen LogP contribution in [0.2, 0.25) is 0 Å². The van der Waals surface area contributed by atoms with Gasteiger partial charge in [0.2, 0.25) is 5.91 Å². The fraction of sp³-hybridized carbons (Fsp3) is 0.870. The highest BCUT2D eigenvalue weighted by Gasteiger charge is 2.30. The van der Waals surface area contributed by atoms with Crippen molar-refractivity contribution in [2.75, 3.05) is 52.7 Å². The molecule has 0 heterocycles. The smallest absolute Gasteiger partial charge is 0.223 e. The van der Waals surface area contributed by atoms with Crippen molar-refractivity contribution < 1.29 is 28.6 Å². The third-order valence-corrected chi connectivity index (χ3v) is 4.99. The first-order valence-corrected chi connectivity index (χ1v) is 11.3. The van der Waals surface area contributed by atoms with Crippen molar-refractivity contribution in [3.05, 3.63) is 0 Å². The molecule has 0 saturated heterocycles. The van der Waals surface area contributed by atoms with E-state index in [9.17, 15) is 14.4 Å². The van der Waals surface area contributed by atoms with Gasteiger partial charge in [0.25, 0.3) is 0 Å². The molecule has 182 valence electrons. The normalized spacial score (nSPS) is 13.8. The second-order valence-corrected chi connectivity index (χ2v) is 9.22. The Morgan fingerprint density at radius 1 is 0.839 bits per heavy atom. The highest BCUT2D eigenvalue weighted by atomic mass is 16.5. The largest absolute Gasteiger partial charge is 0.378 e. The minimum Gasteiger partial charge on any atom is -0.378 e. The van der Waals surface area contributed by atoms with E-state index < -0.39 is 11.3 Å². The Balaban J connectivity index is 4.17. The van der Waals surface area contributed by atoms with Gasteiger partial charge >= 0.3 is 0 Å². The number of nitrogens with one attached hydrogen (secondary N) is 1. The van der Waals surface area contributed by atoms with E-state index in [1.807, 2.05) is 34.6 Å². The van der Waals surface area contributed by atoms with Crippen molar-refractivity contribution in [3.63, 3.8) is 0 Å². The van der Waals surface area contributed by atoms with E-state index in [2.05, 4.69) is 5.32 Å². The monoisotopic (exact) mass is 444 g/mol. The molecule has 0 aliphatic heterocycles. The molecule has 31 heavy (non-hydrogen) atoms. The van der Waals surface area contributed by atoms with Gasteiger partial charge in [0.15, 0.2) is 0 Å². The van der Waals surface area contributed by atoms with E-state index in [1.54, 1.807) is 6.92 Å². The number of rotatable bonds is 18. The number of nitrogens with two attached hydrogens (primary N) is 1. The molecule has 0 radical (unpaired) electrons. The van der Waals surface area contributed by atoms with Crippen LogP contribution in [0.15, 0.2) is 0 Å². The first-order valence-electron chi connectivity index (χ1n) is 11.3. The molecule has 8 heteroatoms. The maximum absolute atomic E-state index is 12.6. The molecule has 2 atom stereocenters. The molecule has 0 aromatic carbocycles. The van der Waals surface area contributed by atoms with Crippen LogP contribution in [0, 0.1) is 23.2 Å². The Morgan fingerprint density at radius 2 is 1.35 bits per heavy atom. The zero-order valence-electron chi connectivity index (χ0n) is 20.3. The van der Waals surface area contributed by atoms with Gasteiger partial charge in [0.05, 0.1) is 39.6 Å². The molecule has 0 aromatic rings. The van der Waals surface area contributed by atoms with Crippen LogP contribution < -0.4 is 11.1 Å². The molecule has 0 aliphatic rings. The highest BCUT2D eigenvalue weighted by molar-refractivity contribution is 5.92. The van der Waals surface area contributed by atoms with Crippen LogP contribution in [0.1, 0.15) is 54.4 Å². The second kappa shape index (κ2) is 16.3. The van der Waals surface area contributed by atoms with Crippen molar-refractivity contribution in [1.82, 2.24) is 5.32 Å². The van der Waals surface area contributed by atoms with Crippen molar-refractivity contribution in [2.24, 2.45) is 28.9 Å². The summed E-state index contributed by atoms with van der Waals surface area (Å²) in [5.41, 5.74) is 4.85. The zero-order valence-corrected chi connectivity index (χ0v) is 20.3. The second-order valence-electron chi connectivity index (χ2n) is 9.22. The maximum atomic E-state index is 12.6. The van der Waals surface area contributed by atoms with Crippen molar-refractivity contribution >= 4 is 17.5 Å². The van der Waals surface area contributed by atoms with Crippen LogP contribution in [-0.4, -0.2) is 70.2 Å². The summed E-state index contributed by atoms with van der Waals surface area (Å²) in [5, 5.41) is 2.84. The lowest BCUT2D eigenvalue weighted by Gasteiger charge is -2.23. The molecule has 0 unspecified atom stereocenters. The Kier molecular flexibility index (Phi) is 15.6. The van der Waals surface area contributed by atoms with Gasteiger partial charge in [-0.3, -0.25) is 14.4 Å². The average Bonchev–Trinajstić information content (AvgIpc) is 2.68. The Bertz CT molecular complexity index is 531. The van der Waals surface area contributed by atoms with Crippen LogP contribution in [0.3, 0.4) is 0 Å². The number of amides is 1. The van der Waals surface area contributed by atoms with Crippen molar-refractivity contribution in [1.29, 1.82) is 0 Å². The minimum atomic E-state index is -0.466. The van der Waals surface area contributed by atoms with Gasteiger partial charge in [-0.25, -0.2) is 0 Å². The Morgan fingerprint density at radius 3 is 1.84 bits per heavy atom. The summed E-state index contributed by atoms with van der Waals surface area (Å²) >= 11 is 0. The first kappa shape index (κ1) is 29.7. The number of hydrogen-bond donors (Lipinski definition) is 2. The molecule has 0 aromatic heterocycles. The maximum Gasteiger partial charge on any atom is 0.223 e. The summed E-state index contributed by atoms with van der Waals surface area (Å²) in [5.74, 6) is -0.931. The van der Waals surface area contributed by atoms with E-state index >= 15 is 0 Å². The lowest BCUT2D eigenvalue weighted by Crippen LogP contribution is -2.37. The summed E-state index contributed by atoms with van der Waals surface area (Å²) in [7, 11) is 0. The molecule has 0 aliphatic carbocycles. The molecule has 0 spiro atoms. The predicted molar refractivity (Wildman–Crippen MR) is 121 cm³/mol. The number of carbonyl (C=O) groups is 3. The number of carbonyl (C=O) groups excluding carboxylic acids is 3. The van der Waals surface area contributed by atoms with Gasteiger partial charge in [0, 0.05) is 43.2 Å². The topological polar surface area (TPSA) is 117 Å². The molecule has 8 nitrogen and oxygen atoms in total. The summed E-state index contributed by atoms with van der Waals surface area (Å²) in [4.78, 5) is 37.3. The fourth-order valence-electron chi connectivity index (χ4n) is 2.75. The highest BCUT2D eigenvalue weighted by Crippen LogP contribution is 2.23. The van der Waals surface area contributed by atoms with Crippen LogP contribution in [0.25, 0.3) is 0 Å². The van der Waals surface area contributed by atoms with E-state index in [-0.39, 0.29) is 42.2 Å². The standard InChI is InChI=1S/C23H44N2O6/c1-17(2)19(16-20(26)18(3)15-21(27)23(4,5)6)22(28)25-8-10-30-12-14-31-13-11-29-9-7-24/h17-19H,7-16,24H2,1-6H3,(H,25,28)/t18-,19+/m0/s1. The lowest BCUT2D eigenvalue weighted by molar-refractivity contribution is -0.134. The lowest BCUT2D eigenvalue weighted by atomic mass is 9.81. The molecule has 0 rings (SSSR count). The molecule has 0 fully saturated rings. The van der Waals surface area contributed by atoms with Gasteiger partial charge in [-0.15, -0.1) is 0 Å². The summed E-state index contributed by atoms with van der Waals surface area (Å²) in [6.45, 7) is 14.8. The SMILES string of the molecule is CC(C)[C@@H](CC(=O)[C@@H](C)CC(=O)C(C)(C)C)C(=O)NCCOCCOCCOCCN. The van der Waals surface area contributed by atoms with Crippen molar-refractivity contribution in [2.45, 2.75) is 54.4 Å². The molecular weight excluding hydrogens is 400 g/mol. The van der Waals surface area contributed by atoms with Crippen LogP contribution in [0.5, 0.6) is 0 Å². The van der Waals surface area contributed by atoms with Gasteiger partial charge < -0.3 is 25.3 Å². The van der Waals surface area contributed by atoms with Gasteiger partial charge in [0.1, 0.15) is 11.6 Å². The van der Waals surface area contributed by atoms with Crippen LogP contribution >= 0.6 is 0 Å². The zero-order chi connectivity index (χ0) is 23.9. The minimum absolute atomic E-state index is 0.0188. The van der Waals surface area contributed by atoms with Crippen molar-refractivity contribution in [3.8, 4) is 0 Å². The third kappa shape index (κ3) is 14.4. The van der Waals surface area contributed by atoms with Gasteiger partial charge in [-0.1, -0.05) is 41.5 Å². The summed E-state index contributed by atoms with van der Waals surface area (Å²) < 4.78 is 16.0. The number of Topliss-reactive ketones (excluding diaryl/α,β-unsaturated/α-hetero) is 2. The van der Waals surface area contributed by atoms with E-state index in [0.29, 0.717) is 52.7 Å². The van der Waals surface area contributed by atoms with E-state index in [4.69, 9.17) is 19.9 Å². The molecule has 1 amide bonds. The Labute approximate surface area is 187 Å². The van der Waals surface area contributed by atoms with E-state index in [1.165, 1.54) is 0 Å². The first-order chi connectivity index (χ1) is 14.5. The van der Waals surface area contributed by atoms with Crippen LogP contribution in [-0.2, 0) is 28.6 Å².